The predicted octanol–water partition coefficient (Wildman–Crippen LogP) is -1.83. The summed E-state index contributed by atoms with van der Waals surface area (Å²) < 4.78 is 18.9. The van der Waals surface area contributed by atoms with Crippen LogP contribution < -0.4 is 0 Å². The summed E-state index contributed by atoms with van der Waals surface area (Å²) in [5.74, 6) is -6.51. The van der Waals surface area contributed by atoms with Crippen LogP contribution in [0.5, 0.6) is 0 Å². The highest BCUT2D eigenvalue weighted by Crippen LogP contribution is 2.63. The Morgan fingerprint density at radius 3 is 1.44 bits per heavy atom. The van der Waals surface area contributed by atoms with Gasteiger partial charge in [-0.1, -0.05) is 0 Å². The quantitative estimate of drug-likeness (QED) is 0.419. The molecule has 0 N–H and O–H groups in total. The highest BCUT2D eigenvalue weighted by atomic mass is 16.7. The lowest BCUT2D eigenvalue weighted by molar-refractivity contribution is -0.252. The summed E-state index contributed by atoms with van der Waals surface area (Å²) in [7, 11) is 2.31. The smallest absolute Gasteiger partial charge is 0.348 e. The number of hydrogen-bond acceptors (Lipinski definition) is 8. The first kappa shape index (κ1) is 11.3. The predicted molar refractivity (Wildman–Crippen MR) is 48.7 cm³/mol. The molecule has 96 valence electrons. The molecule has 1 aliphatic carbocycles. The minimum Gasteiger partial charge on any atom is -0.391 e. The summed E-state index contributed by atoms with van der Waals surface area (Å²) in [5, 5.41) is 0. The Hall–Kier alpha value is -1.80. The largest absolute Gasteiger partial charge is 0.391 e. The van der Waals surface area contributed by atoms with Gasteiger partial charge >= 0.3 is 23.9 Å². The lowest BCUT2D eigenvalue weighted by atomic mass is 9.52. The Balaban J connectivity index is 2.22. The third-order valence-electron chi connectivity index (χ3n) is 3.89. The van der Waals surface area contributed by atoms with Gasteiger partial charge in [-0.15, -0.1) is 0 Å². The Kier molecular flexibility index (Phi) is 1.86. The molecule has 1 saturated carbocycles. The number of fused-ring (bicyclic) bond motifs is 4. The second-order valence-corrected chi connectivity index (χ2v) is 4.28. The molecule has 3 aliphatic rings. The van der Waals surface area contributed by atoms with E-state index in [4.69, 9.17) is 9.47 Å². The number of rotatable bonds is 2. The van der Waals surface area contributed by atoms with Gasteiger partial charge in [0, 0.05) is 14.2 Å². The summed E-state index contributed by atoms with van der Waals surface area (Å²) in [6.45, 7) is 0. The van der Waals surface area contributed by atoms with Crippen molar-refractivity contribution in [1.82, 2.24) is 0 Å². The zero-order chi connectivity index (χ0) is 13.3. The van der Waals surface area contributed by atoms with Gasteiger partial charge in [-0.2, -0.15) is 0 Å². The minimum atomic E-state index is -1.81. The maximum atomic E-state index is 11.7. The molecule has 0 atom stereocenters. The molecule has 0 spiro atoms. The van der Waals surface area contributed by atoms with Gasteiger partial charge in [-0.3, -0.25) is 9.59 Å². The molecule has 3 rings (SSSR count). The van der Waals surface area contributed by atoms with Crippen LogP contribution in [0.25, 0.3) is 0 Å². The van der Waals surface area contributed by atoms with E-state index in [9.17, 15) is 19.2 Å². The molecule has 18 heavy (non-hydrogen) atoms. The van der Waals surface area contributed by atoms with E-state index >= 15 is 0 Å². The topological polar surface area (TPSA) is 105 Å². The van der Waals surface area contributed by atoms with Crippen molar-refractivity contribution in [3.63, 3.8) is 0 Å². The van der Waals surface area contributed by atoms with Crippen LogP contribution in [0.2, 0.25) is 0 Å². The number of hydrogen-bond donors (Lipinski definition) is 0. The SMILES string of the molecule is COC12C(=O)OC(=O)C1C1(OC)C(=O)OC(=O)C21. The lowest BCUT2D eigenvalue weighted by Crippen LogP contribution is -2.78. The summed E-state index contributed by atoms with van der Waals surface area (Å²) >= 11 is 0. The molecular formula is C10H8O8. The fourth-order valence-corrected chi connectivity index (χ4v) is 3.14. The van der Waals surface area contributed by atoms with Gasteiger partial charge in [0.1, 0.15) is 11.8 Å². The molecule has 0 aromatic rings. The molecule has 0 aromatic heterocycles. The molecule has 2 saturated heterocycles. The second-order valence-electron chi connectivity index (χ2n) is 4.28. The summed E-state index contributed by atoms with van der Waals surface area (Å²) in [6, 6.07) is 0. The van der Waals surface area contributed by atoms with Crippen LogP contribution in [-0.4, -0.2) is 49.3 Å². The number of methoxy groups -OCH3 is 2. The standard InChI is InChI=1S/C10H8O8/c1-15-9-3(5(11)17-7(9)13)10(16-2)4(9)6(12)18-8(10)14/h3-4H,1-2H3. The first-order valence-corrected chi connectivity index (χ1v) is 5.09. The van der Waals surface area contributed by atoms with Gasteiger partial charge < -0.3 is 18.9 Å². The first-order chi connectivity index (χ1) is 8.46. The van der Waals surface area contributed by atoms with Crippen molar-refractivity contribution >= 4 is 23.9 Å². The fraction of sp³-hybridized carbons (Fsp3) is 0.600. The van der Waals surface area contributed by atoms with Gasteiger partial charge in [0.2, 0.25) is 0 Å². The van der Waals surface area contributed by atoms with Crippen molar-refractivity contribution in [3.05, 3.63) is 0 Å². The molecule has 0 bridgehead atoms. The average Bonchev–Trinajstić information content (AvgIpc) is 2.61. The number of carbonyl (C=O) groups is 4. The molecule has 0 aromatic carbocycles. The molecular weight excluding hydrogens is 248 g/mol. The number of carbonyl (C=O) groups excluding carboxylic acids is 4. The van der Waals surface area contributed by atoms with Crippen molar-refractivity contribution in [3.8, 4) is 0 Å². The van der Waals surface area contributed by atoms with E-state index in [1.165, 1.54) is 0 Å². The fourth-order valence-electron chi connectivity index (χ4n) is 3.14. The summed E-state index contributed by atoms with van der Waals surface area (Å²) in [4.78, 5) is 46.7. The lowest BCUT2D eigenvalue weighted by Gasteiger charge is -2.51. The molecule has 8 heteroatoms. The van der Waals surface area contributed by atoms with Crippen LogP contribution in [0, 0.1) is 11.8 Å². The van der Waals surface area contributed by atoms with Crippen molar-refractivity contribution in [1.29, 1.82) is 0 Å². The average molecular weight is 256 g/mol. The maximum absolute atomic E-state index is 11.7. The van der Waals surface area contributed by atoms with Crippen molar-refractivity contribution in [2.24, 2.45) is 11.8 Å². The molecule has 0 amide bonds. The van der Waals surface area contributed by atoms with E-state index in [2.05, 4.69) is 9.47 Å². The number of cyclic esters (lactones) is 4. The van der Waals surface area contributed by atoms with Gasteiger partial charge in [-0.25, -0.2) is 9.59 Å². The van der Waals surface area contributed by atoms with E-state index in [0.717, 1.165) is 14.2 Å². The van der Waals surface area contributed by atoms with E-state index < -0.39 is 46.9 Å². The van der Waals surface area contributed by atoms with Crippen LogP contribution in [0.1, 0.15) is 0 Å². The van der Waals surface area contributed by atoms with Crippen LogP contribution in [-0.2, 0) is 38.1 Å². The normalized spacial score (nSPS) is 45.2. The number of ether oxygens (including phenoxy) is 4. The molecule has 3 fully saturated rings. The van der Waals surface area contributed by atoms with E-state index in [1.807, 2.05) is 0 Å². The van der Waals surface area contributed by atoms with E-state index in [0.29, 0.717) is 0 Å². The third-order valence-corrected chi connectivity index (χ3v) is 3.89. The molecule has 0 radical (unpaired) electrons. The van der Waals surface area contributed by atoms with Gasteiger partial charge in [0.25, 0.3) is 0 Å². The van der Waals surface area contributed by atoms with Crippen molar-refractivity contribution in [2.45, 2.75) is 11.2 Å². The first-order valence-electron chi connectivity index (χ1n) is 5.09. The van der Waals surface area contributed by atoms with Crippen molar-refractivity contribution < 1.29 is 38.1 Å². The van der Waals surface area contributed by atoms with E-state index in [-0.39, 0.29) is 0 Å². The molecule has 2 aliphatic heterocycles. The number of esters is 4. The second kappa shape index (κ2) is 2.96. The third kappa shape index (κ3) is 0.783. The van der Waals surface area contributed by atoms with Gasteiger partial charge in [-0.05, 0) is 0 Å². The van der Waals surface area contributed by atoms with E-state index in [1.54, 1.807) is 0 Å². The monoisotopic (exact) mass is 256 g/mol. The summed E-state index contributed by atoms with van der Waals surface area (Å²) in [5.41, 5.74) is -3.62. The Labute approximate surface area is 100 Å². The highest BCUT2D eigenvalue weighted by Gasteiger charge is 2.91. The van der Waals surface area contributed by atoms with Crippen LogP contribution in [0.4, 0.5) is 0 Å². The van der Waals surface area contributed by atoms with Crippen molar-refractivity contribution in [2.75, 3.05) is 14.2 Å². The molecule has 0 unspecified atom stereocenters. The highest BCUT2D eigenvalue weighted by molar-refractivity contribution is 6.17. The Morgan fingerprint density at radius 2 is 1.17 bits per heavy atom. The Morgan fingerprint density at radius 1 is 0.833 bits per heavy atom. The molecule has 8 nitrogen and oxygen atoms in total. The van der Waals surface area contributed by atoms with Gasteiger partial charge in [0.05, 0.1) is 0 Å². The van der Waals surface area contributed by atoms with Crippen LogP contribution >= 0.6 is 0 Å². The zero-order valence-corrected chi connectivity index (χ0v) is 9.42. The Bertz CT molecular complexity index is 452. The maximum Gasteiger partial charge on any atom is 0.348 e. The van der Waals surface area contributed by atoms with Crippen LogP contribution in [0.3, 0.4) is 0 Å². The van der Waals surface area contributed by atoms with Gasteiger partial charge in [0.15, 0.2) is 11.2 Å². The molecule has 2 heterocycles. The zero-order valence-electron chi connectivity index (χ0n) is 9.42. The van der Waals surface area contributed by atoms with Crippen LogP contribution in [0.15, 0.2) is 0 Å². The minimum absolute atomic E-state index is 0.952. The summed E-state index contributed by atoms with van der Waals surface area (Å²) in [6.07, 6.45) is 0.